The van der Waals surface area contributed by atoms with Crippen molar-refractivity contribution < 1.29 is 5.11 Å². The highest BCUT2D eigenvalue weighted by molar-refractivity contribution is 5.16. The van der Waals surface area contributed by atoms with E-state index in [1.807, 2.05) is 13.0 Å². The Kier molecular flexibility index (Phi) is 4.86. The lowest BCUT2D eigenvalue weighted by Crippen LogP contribution is -2.13. The summed E-state index contributed by atoms with van der Waals surface area (Å²) in [6.07, 6.45) is 5.08. The fourth-order valence-corrected chi connectivity index (χ4v) is 0.395. The van der Waals surface area contributed by atoms with Crippen LogP contribution in [0.4, 0.5) is 0 Å². The van der Waals surface area contributed by atoms with Crippen molar-refractivity contribution in [3.63, 3.8) is 0 Å². The maximum absolute atomic E-state index is 8.56. The van der Waals surface area contributed by atoms with Crippen LogP contribution in [0.15, 0.2) is 23.9 Å². The van der Waals surface area contributed by atoms with Crippen LogP contribution in [0.5, 0.6) is 0 Å². The average molecular weight is 128 g/mol. The number of hydrogen-bond acceptors (Lipinski definition) is 3. The summed E-state index contributed by atoms with van der Waals surface area (Å²) >= 11 is 0. The van der Waals surface area contributed by atoms with Crippen molar-refractivity contribution in [1.29, 1.82) is 0 Å². The van der Waals surface area contributed by atoms with E-state index in [-0.39, 0.29) is 6.61 Å². The maximum atomic E-state index is 8.56. The molecule has 0 aromatic rings. The minimum absolute atomic E-state index is 0.0503. The van der Waals surface area contributed by atoms with Gasteiger partial charge in [0.25, 0.3) is 0 Å². The van der Waals surface area contributed by atoms with E-state index in [1.54, 1.807) is 12.3 Å². The molecule has 52 valence electrons. The first-order valence-corrected chi connectivity index (χ1v) is 2.74. The smallest absolute Gasteiger partial charge is 0.0679 e. The van der Waals surface area contributed by atoms with E-state index in [1.165, 1.54) is 0 Å². The lowest BCUT2D eigenvalue weighted by atomic mass is 10.3. The van der Waals surface area contributed by atoms with Crippen molar-refractivity contribution in [3.8, 4) is 0 Å². The number of aliphatic hydroxyl groups is 1. The van der Waals surface area contributed by atoms with Gasteiger partial charge in [0, 0.05) is 6.20 Å². The van der Waals surface area contributed by atoms with Gasteiger partial charge in [0.05, 0.1) is 6.61 Å². The van der Waals surface area contributed by atoms with Crippen molar-refractivity contribution in [2.75, 3.05) is 6.61 Å². The average Bonchev–Trinajstić information content (AvgIpc) is 1.91. The summed E-state index contributed by atoms with van der Waals surface area (Å²) in [5, 5.41) is 8.56. The number of hydrogen-bond donors (Lipinski definition) is 3. The van der Waals surface area contributed by atoms with Crippen LogP contribution in [0.25, 0.3) is 0 Å². The predicted molar refractivity (Wildman–Crippen MR) is 37.3 cm³/mol. The van der Waals surface area contributed by atoms with Gasteiger partial charge < -0.3 is 10.5 Å². The van der Waals surface area contributed by atoms with Crippen LogP contribution in [-0.2, 0) is 0 Å². The SMILES string of the molecule is C/C=C(\C=C/NN)CO. The molecule has 3 nitrogen and oxygen atoms in total. The first-order chi connectivity index (χ1) is 4.35. The van der Waals surface area contributed by atoms with Crippen LogP contribution < -0.4 is 11.3 Å². The third kappa shape index (κ3) is 3.76. The molecule has 0 rings (SSSR count). The van der Waals surface area contributed by atoms with Gasteiger partial charge in [0.15, 0.2) is 0 Å². The molecular formula is C6H12N2O. The van der Waals surface area contributed by atoms with Crippen molar-refractivity contribution in [2.45, 2.75) is 6.92 Å². The fraction of sp³-hybridized carbons (Fsp3) is 0.333. The number of nitrogens with two attached hydrogens (primary N) is 1. The van der Waals surface area contributed by atoms with E-state index in [2.05, 4.69) is 5.43 Å². The second-order valence-electron chi connectivity index (χ2n) is 1.52. The van der Waals surface area contributed by atoms with Gasteiger partial charge in [-0.3, -0.25) is 5.84 Å². The van der Waals surface area contributed by atoms with Gasteiger partial charge in [-0.1, -0.05) is 6.08 Å². The van der Waals surface area contributed by atoms with E-state index in [9.17, 15) is 0 Å². The second-order valence-corrected chi connectivity index (χ2v) is 1.52. The molecule has 0 saturated heterocycles. The number of rotatable bonds is 3. The standard InChI is InChI=1S/C6H12N2O/c1-2-6(5-9)3-4-8-7/h2-4,8-9H,5,7H2,1H3/b4-3-,6-2+. The zero-order valence-corrected chi connectivity index (χ0v) is 5.46. The van der Waals surface area contributed by atoms with Crippen LogP contribution >= 0.6 is 0 Å². The molecule has 0 aliphatic rings. The number of aliphatic hydroxyl groups excluding tert-OH is 1. The molecule has 0 aliphatic heterocycles. The molecule has 9 heavy (non-hydrogen) atoms. The molecular weight excluding hydrogens is 116 g/mol. The van der Waals surface area contributed by atoms with Crippen molar-refractivity contribution in [1.82, 2.24) is 5.43 Å². The van der Waals surface area contributed by atoms with Crippen molar-refractivity contribution in [2.24, 2.45) is 5.84 Å². The Morgan fingerprint density at radius 2 is 2.44 bits per heavy atom. The van der Waals surface area contributed by atoms with Gasteiger partial charge in [-0.05, 0) is 18.6 Å². The highest BCUT2D eigenvalue weighted by Crippen LogP contribution is 1.91. The molecule has 0 unspecified atom stereocenters. The molecule has 0 saturated carbocycles. The summed E-state index contributed by atoms with van der Waals surface area (Å²) in [6.45, 7) is 1.90. The van der Waals surface area contributed by atoms with E-state index >= 15 is 0 Å². The van der Waals surface area contributed by atoms with Gasteiger partial charge in [0.2, 0.25) is 0 Å². The lowest BCUT2D eigenvalue weighted by molar-refractivity contribution is 0.334. The molecule has 3 heteroatoms. The van der Waals surface area contributed by atoms with Gasteiger partial charge in [0.1, 0.15) is 0 Å². The molecule has 0 amide bonds. The maximum Gasteiger partial charge on any atom is 0.0679 e. The third-order valence-corrected chi connectivity index (χ3v) is 0.947. The summed E-state index contributed by atoms with van der Waals surface area (Å²) in [5.41, 5.74) is 3.18. The van der Waals surface area contributed by atoms with E-state index in [0.29, 0.717) is 0 Å². The molecule has 0 bridgehead atoms. The number of allylic oxidation sites excluding steroid dienone is 1. The topological polar surface area (TPSA) is 58.3 Å². The largest absolute Gasteiger partial charge is 0.392 e. The molecule has 0 radical (unpaired) electrons. The molecule has 0 aromatic heterocycles. The quantitative estimate of drug-likeness (QED) is 0.282. The van der Waals surface area contributed by atoms with Crippen LogP contribution in [0, 0.1) is 0 Å². The molecule has 0 aliphatic carbocycles. The fourth-order valence-electron chi connectivity index (χ4n) is 0.395. The molecule has 0 fully saturated rings. The summed E-state index contributed by atoms with van der Waals surface area (Å²) in [4.78, 5) is 0. The monoisotopic (exact) mass is 128 g/mol. The predicted octanol–water partition coefficient (Wildman–Crippen LogP) is -0.0980. The first-order valence-electron chi connectivity index (χ1n) is 2.74. The van der Waals surface area contributed by atoms with E-state index in [4.69, 9.17) is 10.9 Å². The van der Waals surface area contributed by atoms with Crippen LogP contribution in [0.1, 0.15) is 6.92 Å². The Balaban J connectivity index is 3.70. The molecule has 0 heterocycles. The minimum atomic E-state index is 0.0503. The van der Waals surface area contributed by atoms with Gasteiger partial charge in [-0.25, -0.2) is 0 Å². The Bertz CT molecular complexity index is 118. The molecule has 0 aromatic carbocycles. The van der Waals surface area contributed by atoms with Crippen molar-refractivity contribution >= 4 is 0 Å². The highest BCUT2D eigenvalue weighted by atomic mass is 16.3. The van der Waals surface area contributed by atoms with Crippen LogP contribution in [0.2, 0.25) is 0 Å². The minimum Gasteiger partial charge on any atom is -0.392 e. The molecule has 0 spiro atoms. The Morgan fingerprint density at radius 1 is 1.78 bits per heavy atom. The van der Waals surface area contributed by atoms with Gasteiger partial charge >= 0.3 is 0 Å². The third-order valence-electron chi connectivity index (χ3n) is 0.947. The summed E-state index contributed by atoms with van der Waals surface area (Å²) in [6, 6.07) is 0. The summed E-state index contributed by atoms with van der Waals surface area (Å²) in [7, 11) is 0. The van der Waals surface area contributed by atoms with E-state index < -0.39 is 0 Å². The van der Waals surface area contributed by atoms with Gasteiger partial charge in [-0.15, -0.1) is 0 Å². The van der Waals surface area contributed by atoms with E-state index in [0.717, 1.165) is 5.57 Å². The second kappa shape index (κ2) is 5.34. The normalized spacial score (nSPS) is 12.6. The van der Waals surface area contributed by atoms with Crippen molar-refractivity contribution in [3.05, 3.63) is 23.9 Å². The van der Waals surface area contributed by atoms with Crippen LogP contribution in [-0.4, -0.2) is 11.7 Å². The Labute approximate surface area is 54.8 Å². The zero-order valence-electron chi connectivity index (χ0n) is 5.46. The Morgan fingerprint density at radius 3 is 2.78 bits per heavy atom. The Hall–Kier alpha value is -0.800. The number of nitrogens with one attached hydrogen (secondary N) is 1. The summed E-state index contributed by atoms with van der Waals surface area (Å²) in [5.74, 6) is 4.94. The first kappa shape index (κ1) is 8.20. The summed E-state index contributed by atoms with van der Waals surface area (Å²) < 4.78 is 0. The highest BCUT2D eigenvalue weighted by Gasteiger charge is 1.82. The van der Waals surface area contributed by atoms with Gasteiger partial charge in [-0.2, -0.15) is 0 Å². The lowest BCUT2D eigenvalue weighted by Gasteiger charge is -1.92. The zero-order chi connectivity index (χ0) is 7.11. The molecule has 4 N–H and O–H groups in total. The van der Waals surface area contributed by atoms with Crippen LogP contribution in [0.3, 0.4) is 0 Å². The molecule has 0 atom stereocenters. The number of hydrazine groups is 1.